The van der Waals surface area contributed by atoms with Crippen molar-refractivity contribution in [2.24, 2.45) is 0 Å². The van der Waals surface area contributed by atoms with Crippen LogP contribution in [0.15, 0.2) is 121 Å². The topological polar surface area (TPSA) is 12.0 Å². The van der Waals surface area contributed by atoms with E-state index in [1.807, 2.05) is 0 Å². The van der Waals surface area contributed by atoms with Crippen LogP contribution in [0.25, 0.3) is 11.1 Å². The van der Waals surface area contributed by atoms with E-state index in [0.717, 1.165) is 11.4 Å². The Balaban J connectivity index is 1.44. The van der Waals surface area contributed by atoms with Crippen LogP contribution in [0.5, 0.6) is 0 Å². The number of nitrogens with one attached hydrogen (secondary N) is 1. The van der Waals surface area contributed by atoms with Gasteiger partial charge in [0.2, 0.25) is 0 Å². The smallest absolute Gasteiger partial charge is 0.154 e. The molecule has 0 fully saturated rings. The van der Waals surface area contributed by atoms with E-state index >= 15 is 0 Å². The number of benzene rings is 5. The molecule has 0 aliphatic rings. The fourth-order valence-corrected chi connectivity index (χ4v) is 7.35. The van der Waals surface area contributed by atoms with Crippen LogP contribution in [0.3, 0.4) is 0 Å². The van der Waals surface area contributed by atoms with Crippen molar-refractivity contribution in [1.29, 1.82) is 0 Å². The quantitative estimate of drug-likeness (QED) is 0.220. The Hall–Kier alpha value is -3.88. The molecule has 5 aromatic carbocycles. The Kier molecular flexibility index (Phi) is 6.65. The molecule has 0 spiro atoms. The standard InChI is InChI=1S/C33H30NSi/c1-24-21-25(2)23-27(22-24)32-15-10-16-33(26(32)3)34-28-17-19-31(20-18-28)35(29-11-6-4-7-12-29)30-13-8-5-9-14-30/h4-23,34H,1-3H3. The summed E-state index contributed by atoms with van der Waals surface area (Å²) >= 11 is 0. The van der Waals surface area contributed by atoms with Crippen molar-refractivity contribution in [3.63, 3.8) is 0 Å². The minimum Gasteiger partial charge on any atom is -0.355 e. The van der Waals surface area contributed by atoms with E-state index in [9.17, 15) is 0 Å². The Labute approximate surface area is 210 Å². The van der Waals surface area contributed by atoms with Gasteiger partial charge in [0.25, 0.3) is 0 Å². The lowest BCUT2D eigenvalue weighted by Gasteiger charge is -2.18. The second-order valence-electron chi connectivity index (χ2n) is 9.16. The lowest BCUT2D eigenvalue weighted by molar-refractivity contribution is 1.36. The van der Waals surface area contributed by atoms with Gasteiger partial charge in [-0.3, -0.25) is 0 Å². The van der Waals surface area contributed by atoms with Crippen LogP contribution in [0, 0.1) is 20.8 Å². The summed E-state index contributed by atoms with van der Waals surface area (Å²) in [6, 6.07) is 44.1. The summed E-state index contributed by atoms with van der Waals surface area (Å²) in [5.41, 5.74) is 8.66. The van der Waals surface area contributed by atoms with Crippen LogP contribution >= 0.6 is 0 Å². The predicted molar refractivity (Wildman–Crippen MR) is 153 cm³/mol. The van der Waals surface area contributed by atoms with Gasteiger partial charge in [0.15, 0.2) is 8.80 Å². The summed E-state index contributed by atoms with van der Waals surface area (Å²) in [7, 11) is -1.05. The van der Waals surface area contributed by atoms with Gasteiger partial charge in [-0.25, -0.2) is 0 Å². The molecule has 0 unspecified atom stereocenters. The Morgan fingerprint density at radius 2 is 1.06 bits per heavy atom. The number of rotatable bonds is 6. The van der Waals surface area contributed by atoms with Gasteiger partial charge >= 0.3 is 0 Å². The largest absolute Gasteiger partial charge is 0.355 e. The lowest BCUT2D eigenvalue weighted by atomic mass is 9.96. The monoisotopic (exact) mass is 468 g/mol. The second kappa shape index (κ2) is 10.2. The van der Waals surface area contributed by atoms with Crippen LogP contribution in [-0.4, -0.2) is 8.80 Å². The maximum Gasteiger partial charge on any atom is 0.154 e. The first-order valence-electron chi connectivity index (χ1n) is 12.1. The maximum absolute atomic E-state index is 3.67. The van der Waals surface area contributed by atoms with Crippen molar-refractivity contribution in [2.75, 3.05) is 5.32 Å². The minimum absolute atomic E-state index is 1.05. The molecule has 2 heteroatoms. The summed E-state index contributed by atoms with van der Waals surface area (Å²) in [6.07, 6.45) is 0. The highest BCUT2D eigenvalue weighted by Gasteiger charge is 2.19. The second-order valence-corrected chi connectivity index (χ2v) is 11.6. The summed E-state index contributed by atoms with van der Waals surface area (Å²) in [4.78, 5) is 0. The fourth-order valence-electron chi connectivity index (χ4n) is 4.80. The third-order valence-corrected chi connectivity index (χ3v) is 9.18. The molecule has 0 bridgehead atoms. The van der Waals surface area contributed by atoms with Crippen LogP contribution in [-0.2, 0) is 0 Å². The summed E-state index contributed by atoms with van der Waals surface area (Å²) in [5, 5.41) is 7.86. The molecule has 0 aromatic heterocycles. The predicted octanol–water partition coefficient (Wildman–Crippen LogP) is 6.54. The normalized spacial score (nSPS) is 11.0. The molecule has 0 heterocycles. The fraction of sp³-hybridized carbons (Fsp3) is 0.0909. The molecule has 0 aliphatic heterocycles. The van der Waals surface area contributed by atoms with Crippen LogP contribution < -0.4 is 20.9 Å². The molecule has 0 amide bonds. The van der Waals surface area contributed by atoms with Crippen LogP contribution in [0.2, 0.25) is 0 Å². The zero-order chi connectivity index (χ0) is 24.2. The highest BCUT2D eigenvalue weighted by atomic mass is 28.3. The third kappa shape index (κ3) is 5.13. The molecule has 1 N–H and O–H groups in total. The molecule has 1 radical (unpaired) electrons. The first-order chi connectivity index (χ1) is 17.1. The molecule has 5 rings (SSSR count). The number of aryl methyl sites for hydroxylation is 2. The molecule has 171 valence electrons. The lowest BCUT2D eigenvalue weighted by Crippen LogP contribution is -2.51. The molecule has 1 nitrogen and oxygen atoms in total. The van der Waals surface area contributed by atoms with E-state index in [4.69, 9.17) is 0 Å². The Morgan fingerprint density at radius 1 is 0.514 bits per heavy atom. The van der Waals surface area contributed by atoms with Crippen molar-refractivity contribution >= 4 is 35.7 Å². The molecule has 0 aliphatic carbocycles. The Morgan fingerprint density at radius 3 is 1.63 bits per heavy atom. The minimum atomic E-state index is -1.05. The summed E-state index contributed by atoms with van der Waals surface area (Å²) in [6.45, 7) is 6.53. The van der Waals surface area contributed by atoms with Gasteiger partial charge < -0.3 is 5.32 Å². The van der Waals surface area contributed by atoms with E-state index in [1.54, 1.807) is 0 Å². The van der Waals surface area contributed by atoms with Crippen molar-refractivity contribution < 1.29 is 0 Å². The van der Waals surface area contributed by atoms with Gasteiger partial charge in [0.1, 0.15) is 0 Å². The van der Waals surface area contributed by atoms with Crippen LogP contribution in [0.4, 0.5) is 11.4 Å². The van der Waals surface area contributed by atoms with Crippen molar-refractivity contribution in [2.45, 2.75) is 20.8 Å². The zero-order valence-corrected chi connectivity index (χ0v) is 21.5. The Bertz CT molecular complexity index is 1360. The molecule has 0 atom stereocenters. The van der Waals surface area contributed by atoms with Gasteiger partial charge in [0.05, 0.1) is 0 Å². The average Bonchev–Trinajstić information content (AvgIpc) is 2.87. The van der Waals surface area contributed by atoms with E-state index in [1.165, 1.54) is 43.4 Å². The van der Waals surface area contributed by atoms with Gasteiger partial charge in [-0.05, 0) is 55.7 Å². The van der Waals surface area contributed by atoms with E-state index < -0.39 is 8.80 Å². The number of hydrogen-bond donors (Lipinski definition) is 1. The van der Waals surface area contributed by atoms with Crippen molar-refractivity contribution in [3.05, 3.63) is 138 Å². The summed E-state index contributed by atoms with van der Waals surface area (Å²) in [5.74, 6) is 0. The SMILES string of the molecule is Cc1cc(C)cc(-c2cccc(Nc3ccc([Si](c4ccccc4)c4ccccc4)cc3)c2C)c1. The highest BCUT2D eigenvalue weighted by molar-refractivity contribution is 6.95. The summed E-state index contributed by atoms with van der Waals surface area (Å²) < 4.78 is 0. The molecule has 5 aromatic rings. The van der Waals surface area contributed by atoms with Crippen LogP contribution in [0.1, 0.15) is 16.7 Å². The molecule has 0 saturated heterocycles. The zero-order valence-electron chi connectivity index (χ0n) is 20.5. The third-order valence-electron chi connectivity index (χ3n) is 6.44. The van der Waals surface area contributed by atoms with Crippen molar-refractivity contribution in [3.8, 4) is 11.1 Å². The number of anilines is 2. The van der Waals surface area contributed by atoms with Gasteiger partial charge in [-0.2, -0.15) is 0 Å². The first-order valence-corrected chi connectivity index (χ1v) is 13.6. The van der Waals surface area contributed by atoms with E-state index in [0.29, 0.717) is 0 Å². The maximum atomic E-state index is 3.67. The first kappa shape index (κ1) is 22.9. The number of hydrogen-bond acceptors (Lipinski definition) is 1. The molecular weight excluding hydrogens is 438 g/mol. The van der Waals surface area contributed by atoms with E-state index in [2.05, 4.69) is 147 Å². The van der Waals surface area contributed by atoms with E-state index in [-0.39, 0.29) is 0 Å². The highest BCUT2D eigenvalue weighted by Crippen LogP contribution is 2.31. The van der Waals surface area contributed by atoms with Gasteiger partial charge in [-0.1, -0.05) is 130 Å². The van der Waals surface area contributed by atoms with Crippen molar-refractivity contribution in [1.82, 2.24) is 0 Å². The molecule has 0 saturated carbocycles. The average molecular weight is 469 g/mol. The van der Waals surface area contributed by atoms with Gasteiger partial charge in [-0.15, -0.1) is 0 Å². The molecular formula is C33H30NSi. The van der Waals surface area contributed by atoms with Gasteiger partial charge in [0, 0.05) is 11.4 Å². The molecule has 35 heavy (non-hydrogen) atoms.